The van der Waals surface area contributed by atoms with Crippen LogP contribution in [-0.2, 0) is 0 Å². The molecule has 1 atom stereocenters. The Hall–Kier alpha value is -2.41. The first-order valence-corrected chi connectivity index (χ1v) is 5.74. The third kappa shape index (κ3) is 2.46. The van der Waals surface area contributed by atoms with Crippen molar-refractivity contribution in [2.24, 2.45) is 5.92 Å². The van der Waals surface area contributed by atoms with Gasteiger partial charge in [-0.2, -0.15) is 5.26 Å². The highest BCUT2D eigenvalue weighted by atomic mass is 16.1. The molecule has 0 bridgehead atoms. The summed E-state index contributed by atoms with van der Waals surface area (Å²) in [4.78, 5) is 16.2. The summed E-state index contributed by atoms with van der Waals surface area (Å²) in [5.74, 6) is -0.390. The summed E-state index contributed by atoms with van der Waals surface area (Å²) in [6, 6.07) is 11.3. The smallest absolute Gasteiger partial charge is 0.253 e. The molecular weight excluding hydrogens is 226 g/mol. The van der Waals surface area contributed by atoms with Crippen molar-refractivity contribution in [3.63, 3.8) is 0 Å². The van der Waals surface area contributed by atoms with Gasteiger partial charge in [0.25, 0.3) is 5.91 Å². The second-order valence-corrected chi connectivity index (χ2v) is 4.12. The molecule has 0 spiro atoms. The largest absolute Gasteiger partial charge is 0.351 e. The third-order valence-corrected chi connectivity index (χ3v) is 2.67. The fourth-order valence-corrected chi connectivity index (χ4v) is 1.67. The molecule has 0 aliphatic heterocycles. The number of hydrogen-bond donors (Lipinski definition) is 1. The van der Waals surface area contributed by atoms with E-state index in [4.69, 9.17) is 5.26 Å². The first kappa shape index (κ1) is 12.1. The number of benzene rings is 1. The van der Waals surface area contributed by atoms with Crippen LogP contribution >= 0.6 is 0 Å². The Morgan fingerprint density at radius 2 is 2.22 bits per heavy atom. The Labute approximate surface area is 105 Å². The number of nitrogens with one attached hydrogen (secondary N) is 1. The number of amides is 1. The van der Waals surface area contributed by atoms with Crippen molar-refractivity contribution in [3.05, 3.63) is 42.1 Å². The zero-order valence-corrected chi connectivity index (χ0v) is 10.1. The minimum Gasteiger partial charge on any atom is -0.351 e. The molecule has 0 radical (unpaired) electrons. The second kappa shape index (κ2) is 5.28. The minimum absolute atomic E-state index is 0.193. The molecule has 0 aliphatic carbocycles. The van der Waals surface area contributed by atoms with Crippen LogP contribution in [0.3, 0.4) is 0 Å². The lowest BCUT2D eigenvalue weighted by Crippen LogP contribution is -2.28. The molecular formula is C14H13N3O. The van der Waals surface area contributed by atoms with Crippen LogP contribution in [0, 0.1) is 17.2 Å². The van der Waals surface area contributed by atoms with Crippen LogP contribution in [0.5, 0.6) is 0 Å². The summed E-state index contributed by atoms with van der Waals surface area (Å²) < 4.78 is 0. The number of nitrogens with zero attached hydrogens (tertiary/aromatic N) is 2. The van der Waals surface area contributed by atoms with Gasteiger partial charge >= 0.3 is 0 Å². The molecule has 0 aliphatic rings. The van der Waals surface area contributed by atoms with E-state index >= 15 is 0 Å². The van der Waals surface area contributed by atoms with Crippen LogP contribution in [-0.4, -0.2) is 17.4 Å². The number of nitriles is 1. The van der Waals surface area contributed by atoms with E-state index in [-0.39, 0.29) is 11.8 Å². The standard InChI is InChI=1S/C14H13N3O/c1-10(8-15)9-17-14(18)12-6-2-4-11-5-3-7-16-13(11)12/h2-7,10H,9H2,1H3,(H,17,18). The van der Waals surface area contributed by atoms with Crippen molar-refractivity contribution in [1.82, 2.24) is 10.3 Å². The molecule has 2 aromatic rings. The van der Waals surface area contributed by atoms with Gasteiger partial charge in [-0.1, -0.05) is 18.2 Å². The van der Waals surface area contributed by atoms with Crippen molar-refractivity contribution in [2.45, 2.75) is 6.92 Å². The van der Waals surface area contributed by atoms with E-state index in [1.165, 1.54) is 0 Å². The van der Waals surface area contributed by atoms with Gasteiger partial charge in [0.05, 0.1) is 23.1 Å². The maximum absolute atomic E-state index is 12.0. The van der Waals surface area contributed by atoms with Gasteiger partial charge in [-0.05, 0) is 19.1 Å². The minimum atomic E-state index is -0.197. The third-order valence-electron chi connectivity index (χ3n) is 2.67. The van der Waals surface area contributed by atoms with Crippen molar-refractivity contribution in [1.29, 1.82) is 5.26 Å². The van der Waals surface area contributed by atoms with Crippen molar-refractivity contribution in [3.8, 4) is 6.07 Å². The lowest BCUT2D eigenvalue weighted by Gasteiger charge is -2.08. The van der Waals surface area contributed by atoms with E-state index in [0.717, 1.165) is 5.39 Å². The van der Waals surface area contributed by atoms with Gasteiger partial charge < -0.3 is 5.32 Å². The zero-order chi connectivity index (χ0) is 13.0. The number of fused-ring (bicyclic) bond motifs is 1. The molecule has 0 saturated carbocycles. The molecule has 1 aromatic carbocycles. The maximum atomic E-state index is 12.0. The predicted octanol–water partition coefficient (Wildman–Crippen LogP) is 2.12. The molecule has 0 saturated heterocycles. The summed E-state index contributed by atoms with van der Waals surface area (Å²) >= 11 is 0. The lowest BCUT2D eigenvalue weighted by molar-refractivity contribution is 0.0952. The van der Waals surface area contributed by atoms with Crippen LogP contribution in [0.1, 0.15) is 17.3 Å². The normalized spacial score (nSPS) is 11.8. The van der Waals surface area contributed by atoms with Crippen LogP contribution in [0.15, 0.2) is 36.5 Å². The number of para-hydroxylation sites is 1. The SMILES string of the molecule is CC(C#N)CNC(=O)c1cccc2cccnc12. The maximum Gasteiger partial charge on any atom is 0.253 e. The quantitative estimate of drug-likeness (QED) is 0.892. The van der Waals surface area contributed by atoms with E-state index in [0.29, 0.717) is 17.6 Å². The van der Waals surface area contributed by atoms with Gasteiger partial charge in [-0.15, -0.1) is 0 Å². The van der Waals surface area contributed by atoms with Crippen LogP contribution in [0.2, 0.25) is 0 Å². The number of carbonyl (C=O) groups excluding carboxylic acids is 1. The van der Waals surface area contributed by atoms with Gasteiger partial charge in [-0.25, -0.2) is 0 Å². The average Bonchev–Trinajstić information content (AvgIpc) is 2.43. The average molecular weight is 239 g/mol. The molecule has 90 valence electrons. The Balaban J connectivity index is 2.26. The number of hydrogen-bond acceptors (Lipinski definition) is 3. The lowest BCUT2D eigenvalue weighted by atomic mass is 10.1. The molecule has 1 aromatic heterocycles. The summed E-state index contributed by atoms with van der Waals surface area (Å²) in [6.45, 7) is 2.11. The Bertz CT molecular complexity index is 610. The molecule has 1 unspecified atom stereocenters. The van der Waals surface area contributed by atoms with Crippen molar-refractivity contribution in [2.75, 3.05) is 6.54 Å². The van der Waals surface area contributed by atoms with E-state index in [1.807, 2.05) is 24.3 Å². The Morgan fingerprint density at radius 3 is 3.00 bits per heavy atom. The topological polar surface area (TPSA) is 65.8 Å². The fraction of sp³-hybridized carbons (Fsp3) is 0.214. The first-order valence-electron chi connectivity index (χ1n) is 5.74. The summed E-state index contributed by atoms with van der Waals surface area (Å²) in [7, 11) is 0. The number of carbonyl (C=O) groups is 1. The van der Waals surface area contributed by atoms with E-state index in [2.05, 4.69) is 16.4 Å². The van der Waals surface area contributed by atoms with Gasteiger partial charge in [-0.3, -0.25) is 9.78 Å². The monoisotopic (exact) mass is 239 g/mol. The van der Waals surface area contributed by atoms with Crippen molar-refractivity contribution < 1.29 is 4.79 Å². The highest BCUT2D eigenvalue weighted by molar-refractivity contribution is 6.05. The van der Waals surface area contributed by atoms with Gasteiger partial charge in [0, 0.05) is 18.1 Å². The Kier molecular flexibility index (Phi) is 3.54. The second-order valence-electron chi connectivity index (χ2n) is 4.12. The number of rotatable bonds is 3. The molecule has 18 heavy (non-hydrogen) atoms. The van der Waals surface area contributed by atoms with Gasteiger partial charge in [0.15, 0.2) is 0 Å². The first-order chi connectivity index (χ1) is 8.72. The molecule has 4 heteroatoms. The van der Waals surface area contributed by atoms with E-state index in [9.17, 15) is 4.79 Å². The van der Waals surface area contributed by atoms with Crippen molar-refractivity contribution >= 4 is 16.8 Å². The van der Waals surface area contributed by atoms with Crippen LogP contribution < -0.4 is 5.32 Å². The molecule has 0 fully saturated rings. The molecule has 1 heterocycles. The summed E-state index contributed by atoms with van der Waals surface area (Å²) in [5.41, 5.74) is 1.22. The van der Waals surface area contributed by atoms with Crippen LogP contribution in [0.25, 0.3) is 10.9 Å². The zero-order valence-electron chi connectivity index (χ0n) is 10.1. The Morgan fingerprint density at radius 1 is 1.44 bits per heavy atom. The molecule has 1 amide bonds. The summed E-state index contributed by atoms with van der Waals surface area (Å²) in [6.07, 6.45) is 1.66. The number of aromatic nitrogens is 1. The van der Waals surface area contributed by atoms with Gasteiger partial charge in [0.2, 0.25) is 0 Å². The molecule has 1 N–H and O–H groups in total. The molecule has 4 nitrogen and oxygen atoms in total. The number of pyridine rings is 1. The van der Waals surface area contributed by atoms with E-state index in [1.54, 1.807) is 19.2 Å². The fourth-order valence-electron chi connectivity index (χ4n) is 1.67. The summed E-state index contributed by atoms with van der Waals surface area (Å²) in [5, 5.41) is 12.3. The predicted molar refractivity (Wildman–Crippen MR) is 68.9 cm³/mol. The molecule has 2 rings (SSSR count). The highest BCUT2D eigenvalue weighted by Gasteiger charge is 2.11. The van der Waals surface area contributed by atoms with E-state index < -0.39 is 0 Å². The van der Waals surface area contributed by atoms with Crippen LogP contribution in [0.4, 0.5) is 0 Å². The van der Waals surface area contributed by atoms with Gasteiger partial charge in [0.1, 0.15) is 0 Å². The highest BCUT2D eigenvalue weighted by Crippen LogP contribution is 2.15.